The van der Waals surface area contributed by atoms with Crippen LogP contribution in [-0.2, 0) is 19.1 Å². The van der Waals surface area contributed by atoms with Crippen LogP contribution < -0.4 is 15.2 Å². The lowest BCUT2D eigenvalue weighted by molar-refractivity contribution is -0.148. The fourth-order valence-electron chi connectivity index (χ4n) is 3.03. The summed E-state index contributed by atoms with van der Waals surface area (Å²) < 4.78 is 20.0. The second-order valence-corrected chi connectivity index (χ2v) is 7.25. The van der Waals surface area contributed by atoms with E-state index in [2.05, 4.69) is 24.4 Å². The van der Waals surface area contributed by atoms with Gasteiger partial charge >= 0.3 is 17.6 Å². The van der Waals surface area contributed by atoms with Gasteiger partial charge in [0.25, 0.3) is 0 Å². The van der Waals surface area contributed by atoms with Gasteiger partial charge in [-0.1, -0.05) is 0 Å². The minimum absolute atomic E-state index is 0.0240. The predicted octanol–water partition coefficient (Wildman–Crippen LogP) is 1.79. The van der Waals surface area contributed by atoms with Crippen LogP contribution in [0.1, 0.15) is 13.8 Å². The van der Waals surface area contributed by atoms with Gasteiger partial charge in [0.1, 0.15) is 28.8 Å². The smallest absolute Gasteiger partial charge is 0.348 e. The van der Waals surface area contributed by atoms with Crippen molar-refractivity contribution in [2.45, 2.75) is 26.1 Å². The summed E-state index contributed by atoms with van der Waals surface area (Å²) in [6, 6.07) is 8.28. The molecule has 1 aromatic heterocycles. The second-order valence-electron chi connectivity index (χ2n) is 7.25. The number of aromatic hydroxyl groups is 2. The molecule has 3 rings (SSSR count). The van der Waals surface area contributed by atoms with Gasteiger partial charge in [-0.15, -0.1) is 0 Å². The standard InChI is InChI=1S/C23H23N3O9/c1-11(21(29)32-3)34-13-5-7-15(17(27)9-13)19-24-20(26-23(31)25-19)16-8-6-14(10-18(16)28)35-12(2)22(30)33-4/h5-12,27-28H,1-4H3,(H,24,25,26,31). The van der Waals surface area contributed by atoms with Gasteiger partial charge in [-0.05, 0) is 38.1 Å². The van der Waals surface area contributed by atoms with Crippen LogP contribution in [0.15, 0.2) is 41.2 Å². The molecule has 3 N–H and O–H groups in total. The number of carbonyl (C=O) groups excluding carboxylic acids is 2. The minimum atomic E-state index is -0.904. The lowest BCUT2D eigenvalue weighted by atomic mass is 10.1. The number of H-pyrrole nitrogens is 1. The Bertz CT molecular complexity index is 1210. The Morgan fingerprint density at radius 3 is 1.77 bits per heavy atom. The summed E-state index contributed by atoms with van der Waals surface area (Å²) >= 11 is 0. The number of phenols is 2. The quantitative estimate of drug-likeness (QED) is 0.397. The molecule has 12 heteroatoms. The number of carbonyl (C=O) groups is 2. The SMILES string of the molecule is COC(=O)C(C)Oc1ccc(-c2nc(-c3ccc(OC(C)C(=O)OC)cc3O)[nH]c(=O)n2)c(O)c1. The van der Waals surface area contributed by atoms with Crippen LogP contribution in [0.2, 0.25) is 0 Å². The normalized spacial score (nSPS) is 12.3. The molecular weight excluding hydrogens is 462 g/mol. The van der Waals surface area contributed by atoms with Gasteiger partial charge < -0.3 is 29.2 Å². The fraction of sp³-hybridized carbons (Fsp3) is 0.261. The molecule has 0 aliphatic heterocycles. The molecule has 0 spiro atoms. The average molecular weight is 485 g/mol. The van der Waals surface area contributed by atoms with E-state index in [0.717, 1.165) is 0 Å². The molecule has 12 nitrogen and oxygen atoms in total. The highest BCUT2D eigenvalue weighted by Crippen LogP contribution is 2.33. The highest BCUT2D eigenvalue weighted by molar-refractivity contribution is 5.75. The van der Waals surface area contributed by atoms with E-state index in [1.54, 1.807) is 0 Å². The van der Waals surface area contributed by atoms with E-state index in [-0.39, 0.29) is 45.8 Å². The Hall–Kier alpha value is -4.61. The predicted molar refractivity (Wildman–Crippen MR) is 121 cm³/mol. The number of aromatic nitrogens is 3. The van der Waals surface area contributed by atoms with Crippen LogP contribution in [0.5, 0.6) is 23.0 Å². The van der Waals surface area contributed by atoms with Crippen molar-refractivity contribution in [2.75, 3.05) is 14.2 Å². The molecule has 184 valence electrons. The third kappa shape index (κ3) is 5.85. The summed E-state index contributed by atoms with van der Waals surface area (Å²) in [6.45, 7) is 2.98. The Kier molecular flexibility index (Phi) is 7.54. The summed E-state index contributed by atoms with van der Waals surface area (Å²) in [6.07, 6.45) is -1.81. The first-order valence-corrected chi connectivity index (χ1v) is 10.3. The number of hydrogen-bond donors (Lipinski definition) is 3. The maximum atomic E-state index is 12.2. The number of benzene rings is 2. The Labute approximate surface area is 199 Å². The lowest BCUT2D eigenvalue weighted by Gasteiger charge is -2.14. The van der Waals surface area contributed by atoms with E-state index in [1.807, 2.05) is 0 Å². The molecular formula is C23H23N3O9. The number of rotatable bonds is 8. The van der Waals surface area contributed by atoms with Gasteiger partial charge in [-0.3, -0.25) is 4.98 Å². The minimum Gasteiger partial charge on any atom is -0.507 e. The molecule has 0 fully saturated rings. The Morgan fingerprint density at radius 2 is 1.31 bits per heavy atom. The van der Waals surface area contributed by atoms with Gasteiger partial charge in [0, 0.05) is 12.1 Å². The summed E-state index contributed by atoms with van der Waals surface area (Å²) in [4.78, 5) is 45.7. The van der Waals surface area contributed by atoms with Crippen molar-refractivity contribution >= 4 is 11.9 Å². The van der Waals surface area contributed by atoms with E-state index >= 15 is 0 Å². The monoisotopic (exact) mass is 485 g/mol. The number of methoxy groups -OCH3 is 2. The molecule has 0 bridgehead atoms. The van der Waals surface area contributed by atoms with Crippen LogP contribution in [0.4, 0.5) is 0 Å². The zero-order chi connectivity index (χ0) is 25.7. The number of aromatic amines is 1. The first-order valence-electron chi connectivity index (χ1n) is 10.3. The van der Waals surface area contributed by atoms with Gasteiger partial charge in [0.05, 0.1) is 25.3 Å². The molecule has 1 heterocycles. The molecule has 2 atom stereocenters. The zero-order valence-corrected chi connectivity index (χ0v) is 19.3. The van der Waals surface area contributed by atoms with Crippen LogP contribution >= 0.6 is 0 Å². The zero-order valence-electron chi connectivity index (χ0n) is 19.3. The molecule has 2 aromatic carbocycles. The van der Waals surface area contributed by atoms with Crippen LogP contribution in [0.3, 0.4) is 0 Å². The third-order valence-corrected chi connectivity index (χ3v) is 4.78. The first-order chi connectivity index (χ1) is 16.6. The number of ether oxygens (including phenoxy) is 4. The van der Waals surface area contributed by atoms with Crippen LogP contribution in [0, 0.1) is 0 Å². The van der Waals surface area contributed by atoms with Crippen molar-refractivity contribution in [1.82, 2.24) is 15.0 Å². The molecule has 0 aliphatic carbocycles. The summed E-state index contributed by atoms with van der Waals surface area (Å²) in [5.74, 6) is -1.54. The summed E-state index contributed by atoms with van der Waals surface area (Å²) in [7, 11) is 2.46. The van der Waals surface area contributed by atoms with Crippen molar-refractivity contribution in [3.63, 3.8) is 0 Å². The highest BCUT2D eigenvalue weighted by atomic mass is 16.6. The van der Waals surface area contributed by atoms with Gasteiger partial charge in [-0.25, -0.2) is 19.4 Å². The number of esters is 2. The van der Waals surface area contributed by atoms with E-state index in [4.69, 9.17) is 9.47 Å². The number of hydrogen-bond acceptors (Lipinski definition) is 11. The summed E-state index contributed by atoms with van der Waals surface area (Å²) in [5, 5.41) is 20.9. The molecule has 3 aromatic rings. The van der Waals surface area contributed by atoms with Crippen molar-refractivity contribution in [1.29, 1.82) is 0 Å². The second kappa shape index (κ2) is 10.5. The number of phenolic OH excluding ortho intramolecular Hbond substituents is 2. The van der Waals surface area contributed by atoms with E-state index < -0.39 is 29.8 Å². The molecule has 35 heavy (non-hydrogen) atoms. The molecule has 2 unspecified atom stereocenters. The topological polar surface area (TPSA) is 170 Å². The maximum absolute atomic E-state index is 12.2. The van der Waals surface area contributed by atoms with Gasteiger partial charge in [0.2, 0.25) is 0 Å². The Balaban J connectivity index is 1.90. The highest BCUT2D eigenvalue weighted by Gasteiger charge is 2.19. The Morgan fingerprint density at radius 1 is 0.829 bits per heavy atom. The number of nitrogens with one attached hydrogen (secondary N) is 1. The maximum Gasteiger partial charge on any atom is 0.348 e. The third-order valence-electron chi connectivity index (χ3n) is 4.78. The van der Waals surface area contributed by atoms with Crippen molar-refractivity contribution in [3.05, 3.63) is 46.9 Å². The molecule has 0 amide bonds. The van der Waals surface area contributed by atoms with E-state index in [9.17, 15) is 24.6 Å². The number of nitrogens with zero attached hydrogens (tertiary/aromatic N) is 2. The molecule has 0 radical (unpaired) electrons. The largest absolute Gasteiger partial charge is 0.507 e. The van der Waals surface area contributed by atoms with E-state index in [0.29, 0.717) is 0 Å². The van der Waals surface area contributed by atoms with Crippen molar-refractivity contribution in [2.24, 2.45) is 0 Å². The van der Waals surface area contributed by atoms with Crippen LogP contribution in [0.25, 0.3) is 22.8 Å². The van der Waals surface area contributed by atoms with Gasteiger partial charge in [-0.2, -0.15) is 4.98 Å². The lowest BCUT2D eigenvalue weighted by Crippen LogP contribution is -2.24. The van der Waals surface area contributed by atoms with E-state index in [1.165, 1.54) is 64.5 Å². The van der Waals surface area contributed by atoms with Crippen molar-refractivity contribution < 1.29 is 38.7 Å². The molecule has 0 saturated carbocycles. The average Bonchev–Trinajstić information content (AvgIpc) is 2.82. The first kappa shape index (κ1) is 25.0. The van der Waals surface area contributed by atoms with Gasteiger partial charge in [0.15, 0.2) is 18.0 Å². The van der Waals surface area contributed by atoms with Crippen LogP contribution in [-0.4, -0.2) is 63.5 Å². The molecule has 0 saturated heterocycles. The molecule has 0 aliphatic rings. The summed E-state index contributed by atoms with van der Waals surface area (Å²) in [5.41, 5.74) is -0.514. The fourth-order valence-corrected chi connectivity index (χ4v) is 3.03. The van der Waals surface area contributed by atoms with Crippen molar-refractivity contribution in [3.8, 4) is 45.8 Å².